The van der Waals surface area contributed by atoms with Crippen molar-refractivity contribution >= 4 is 23.6 Å². The summed E-state index contributed by atoms with van der Waals surface area (Å²) in [5, 5.41) is 2.57. The Kier molecular flexibility index (Phi) is 4.62. The molecule has 0 spiro atoms. The highest BCUT2D eigenvalue weighted by atomic mass is 16.1. The van der Waals surface area contributed by atoms with Gasteiger partial charge in [0, 0.05) is 18.5 Å². The monoisotopic (exact) mass is 230 g/mol. The lowest BCUT2D eigenvalue weighted by Gasteiger charge is -1.98. The fourth-order valence-corrected chi connectivity index (χ4v) is 1.08. The standard InChI is InChI=1S/C12H14N4O/c1-3-14-9(2)16-12(17)7-5-10-4-6-11(13)15-8-10/h3-8H,1H2,2H3,(H2,13,15)(H,14,16,17)/b7-5+. The van der Waals surface area contributed by atoms with Crippen molar-refractivity contribution in [2.24, 2.45) is 4.99 Å². The van der Waals surface area contributed by atoms with E-state index in [1.54, 1.807) is 31.3 Å². The van der Waals surface area contributed by atoms with Crippen molar-refractivity contribution in [1.29, 1.82) is 0 Å². The smallest absolute Gasteiger partial charge is 0.249 e. The Morgan fingerprint density at radius 2 is 2.35 bits per heavy atom. The maximum Gasteiger partial charge on any atom is 0.249 e. The maximum absolute atomic E-state index is 11.4. The number of nitrogens with two attached hydrogens (primary N) is 1. The average Bonchev–Trinajstić information content (AvgIpc) is 2.28. The Morgan fingerprint density at radius 3 is 2.94 bits per heavy atom. The van der Waals surface area contributed by atoms with Gasteiger partial charge < -0.3 is 11.1 Å². The molecular formula is C12H14N4O. The molecule has 0 aromatic carbocycles. The Hall–Kier alpha value is -2.43. The van der Waals surface area contributed by atoms with Crippen LogP contribution in [0.4, 0.5) is 5.82 Å². The molecule has 0 fully saturated rings. The molecule has 3 N–H and O–H groups in total. The number of carbonyl (C=O) groups excluding carboxylic acids is 1. The molecule has 0 aliphatic heterocycles. The first kappa shape index (κ1) is 12.6. The molecule has 1 rings (SSSR count). The molecular weight excluding hydrogens is 216 g/mol. The third kappa shape index (κ3) is 4.74. The molecule has 0 saturated heterocycles. The first-order valence-electron chi connectivity index (χ1n) is 4.97. The predicted molar refractivity (Wildman–Crippen MR) is 69.1 cm³/mol. The molecule has 0 unspecified atom stereocenters. The van der Waals surface area contributed by atoms with E-state index >= 15 is 0 Å². The Balaban J connectivity index is 2.59. The Bertz CT molecular complexity index is 460. The molecule has 0 saturated carbocycles. The molecule has 0 atom stereocenters. The highest BCUT2D eigenvalue weighted by molar-refractivity contribution is 6.04. The van der Waals surface area contributed by atoms with Gasteiger partial charge in [-0.3, -0.25) is 4.79 Å². The summed E-state index contributed by atoms with van der Waals surface area (Å²) in [5.74, 6) is 0.676. The number of nitrogens with one attached hydrogen (secondary N) is 1. The second-order valence-corrected chi connectivity index (χ2v) is 3.24. The number of hydrogen-bond acceptors (Lipinski definition) is 4. The maximum atomic E-state index is 11.4. The first-order chi connectivity index (χ1) is 8.11. The van der Waals surface area contributed by atoms with E-state index in [0.717, 1.165) is 5.56 Å². The SMILES string of the molecule is C=CN=C(C)NC(=O)/C=C/c1ccc(N)nc1. The van der Waals surface area contributed by atoms with Gasteiger partial charge >= 0.3 is 0 Å². The number of aliphatic imine (C=N–C) groups is 1. The molecule has 1 heterocycles. The van der Waals surface area contributed by atoms with E-state index in [-0.39, 0.29) is 5.91 Å². The lowest BCUT2D eigenvalue weighted by atomic mass is 10.2. The number of pyridine rings is 1. The molecule has 5 heteroatoms. The molecule has 17 heavy (non-hydrogen) atoms. The number of rotatable bonds is 3. The Labute approximate surface area is 99.8 Å². The number of amidine groups is 1. The van der Waals surface area contributed by atoms with Crippen molar-refractivity contribution in [3.63, 3.8) is 0 Å². The van der Waals surface area contributed by atoms with Crippen LogP contribution >= 0.6 is 0 Å². The predicted octanol–water partition coefficient (Wildman–Crippen LogP) is 1.36. The van der Waals surface area contributed by atoms with E-state index < -0.39 is 0 Å². The van der Waals surface area contributed by atoms with Crippen molar-refractivity contribution < 1.29 is 4.79 Å². The molecule has 1 amide bonds. The van der Waals surface area contributed by atoms with Gasteiger partial charge in [0.1, 0.15) is 11.7 Å². The lowest BCUT2D eigenvalue weighted by Crippen LogP contribution is -2.26. The number of hydrogen-bond donors (Lipinski definition) is 2. The molecule has 1 aromatic heterocycles. The number of carbonyl (C=O) groups is 1. The molecule has 0 aliphatic carbocycles. The number of aromatic nitrogens is 1. The topological polar surface area (TPSA) is 80.4 Å². The average molecular weight is 230 g/mol. The fraction of sp³-hybridized carbons (Fsp3) is 0.0833. The van der Waals surface area contributed by atoms with Gasteiger partial charge in [0.15, 0.2) is 0 Å². The van der Waals surface area contributed by atoms with E-state index in [1.807, 2.05) is 0 Å². The minimum Gasteiger partial charge on any atom is -0.384 e. The van der Waals surface area contributed by atoms with Crippen molar-refractivity contribution in [1.82, 2.24) is 10.3 Å². The van der Waals surface area contributed by atoms with Crippen molar-refractivity contribution in [2.45, 2.75) is 6.92 Å². The van der Waals surface area contributed by atoms with Gasteiger partial charge in [-0.05, 0) is 30.7 Å². The third-order valence-electron chi connectivity index (χ3n) is 1.83. The highest BCUT2D eigenvalue weighted by Crippen LogP contribution is 2.02. The zero-order valence-corrected chi connectivity index (χ0v) is 9.55. The van der Waals surface area contributed by atoms with E-state index in [4.69, 9.17) is 5.73 Å². The van der Waals surface area contributed by atoms with Gasteiger partial charge in [-0.1, -0.05) is 6.58 Å². The molecule has 0 bridgehead atoms. The minimum absolute atomic E-state index is 0.259. The van der Waals surface area contributed by atoms with Gasteiger partial charge in [-0.2, -0.15) is 0 Å². The summed E-state index contributed by atoms with van der Waals surface area (Å²) < 4.78 is 0. The fourth-order valence-electron chi connectivity index (χ4n) is 1.08. The van der Waals surface area contributed by atoms with E-state index in [1.165, 1.54) is 12.3 Å². The minimum atomic E-state index is -0.259. The normalized spacial score (nSPS) is 11.5. The number of nitrogens with zero attached hydrogens (tertiary/aromatic N) is 2. The van der Waals surface area contributed by atoms with Crippen LogP contribution in [-0.2, 0) is 4.79 Å². The van der Waals surface area contributed by atoms with Crippen LogP contribution in [0.1, 0.15) is 12.5 Å². The van der Waals surface area contributed by atoms with Gasteiger partial charge in [0.25, 0.3) is 0 Å². The lowest BCUT2D eigenvalue weighted by molar-refractivity contribution is -0.115. The van der Waals surface area contributed by atoms with Crippen LogP contribution in [0.5, 0.6) is 0 Å². The van der Waals surface area contributed by atoms with Crippen LogP contribution in [0, 0.1) is 0 Å². The summed E-state index contributed by atoms with van der Waals surface area (Å²) in [4.78, 5) is 19.1. The number of anilines is 1. The summed E-state index contributed by atoms with van der Waals surface area (Å²) in [5.41, 5.74) is 6.24. The summed E-state index contributed by atoms with van der Waals surface area (Å²) in [7, 11) is 0. The second-order valence-electron chi connectivity index (χ2n) is 3.24. The first-order valence-corrected chi connectivity index (χ1v) is 4.97. The largest absolute Gasteiger partial charge is 0.384 e. The van der Waals surface area contributed by atoms with Crippen LogP contribution in [-0.4, -0.2) is 16.7 Å². The van der Waals surface area contributed by atoms with E-state index in [2.05, 4.69) is 21.9 Å². The molecule has 0 aliphatic rings. The van der Waals surface area contributed by atoms with Crippen LogP contribution in [0.25, 0.3) is 6.08 Å². The van der Waals surface area contributed by atoms with Gasteiger partial charge in [-0.25, -0.2) is 9.98 Å². The van der Waals surface area contributed by atoms with Gasteiger partial charge in [0.2, 0.25) is 5.91 Å². The quantitative estimate of drug-likeness (QED) is 0.467. The zero-order valence-electron chi connectivity index (χ0n) is 9.55. The Morgan fingerprint density at radius 1 is 1.59 bits per heavy atom. The molecule has 0 radical (unpaired) electrons. The van der Waals surface area contributed by atoms with Crippen molar-refractivity contribution in [2.75, 3.05) is 5.73 Å². The van der Waals surface area contributed by atoms with Crippen molar-refractivity contribution in [3.8, 4) is 0 Å². The number of nitrogen functional groups attached to an aromatic ring is 1. The van der Waals surface area contributed by atoms with Gasteiger partial charge in [0.05, 0.1) is 0 Å². The van der Waals surface area contributed by atoms with Crippen LogP contribution in [0.2, 0.25) is 0 Å². The van der Waals surface area contributed by atoms with Crippen LogP contribution in [0.3, 0.4) is 0 Å². The second kappa shape index (κ2) is 6.22. The van der Waals surface area contributed by atoms with Crippen LogP contribution in [0.15, 0.2) is 42.2 Å². The van der Waals surface area contributed by atoms with E-state index in [9.17, 15) is 4.79 Å². The molecule has 88 valence electrons. The molecule has 1 aromatic rings. The third-order valence-corrected chi connectivity index (χ3v) is 1.83. The summed E-state index contributed by atoms with van der Waals surface area (Å²) in [6.45, 7) is 5.11. The summed E-state index contributed by atoms with van der Waals surface area (Å²) in [6.07, 6.45) is 5.99. The van der Waals surface area contributed by atoms with E-state index in [0.29, 0.717) is 11.7 Å². The highest BCUT2D eigenvalue weighted by Gasteiger charge is 1.96. The van der Waals surface area contributed by atoms with Crippen LogP contribution < -0.4 is 11.1 Å². The van der Waals surface area contributed by atoms with Crippen molar-refractivity contribution in [3.05, 3.63) is 42.7 Å². The zero-order chi connectivity index (χ0) is 12.7. The number of amides is 1. The van der Waals surface area contributed by atoms with Gasteiger partial charge in [-0.15, -0.1) is 0 Å². The molecule has 5 nitrogen and oxygen atoms in total. The summed E-state index contributed by atoms with van der Waals surface area (Å²) >= 11 is 0. The summed E-state index contributed by atoms with van der Waals surface area (Å²) in [6, 6.07) is 3.44.